The van der Waals surface area contributed by atoms with Gasteiger partial charge in [-0.3, -0.25) is 0 Å². The smallest absolute Gasteiger partial charge is 0.315 e. The van der Waals surface area contributed by atoms with Gasteiger partial charge >= 0.3 is 6.03 Å². The number of amides is 2. The highest BCUT2D eigenvalue weighted by Crippen LogP contribution is 2.18. The first-order valence-electron chi connectivity index (χ1n) is 5.61. The number of carbonyl (C=O) groups excluding carboxylic acids is 1. The van der Waals surface area contributed by atoms with Crippen molar-refractivity contribution in [3.63, 3.8) is 0 Å². The number of carbonyl (C=O) groups is 1. The maximum absolute atomic E-state index is 11.6. The van der Waals surface area contributed by atoms with Crippen LogP contribution >= 0.6 is 0 Å². The minimum absolute atomic E-state index is 0.0856. The van der Waals surface area contributed by atoms with Crippen LogP contribution in [0.3, 0.4) is 0 Å². The van der Waals surface area contributed by atoms with Gasteiger partial charge in [0.15, 0.2) is 0 Å². The Kier molecular flexibility index (Phi) is 4.57. The molecule has 0 radical (unpaired) electrons. The van der Waals surface area contributed by atoms with Crippen LogP contribution < -0.4 is 10.6 Å². The van der Waals surface area contributed by atoms with Gasteiger partial charge in [-0.15, -0.1) is 0 Å². The molecule has 0 aliphatic heterocycles. The van der Waals surface area contributed by atoms with Crippen LogP contribution in [0, 0.1) is 5.41 Å². The fraction of sp³-hybridized carbons (Fsp3) is 0.583. The molecule has 17 heavy (non-hydrogen) atoms. The summed E-state index contributed by atoms with van der Waals surface area (Å²) < 4.78 is 5.09. The van der Waals surface area contributed by atoms with Crippen molar-refractivity contribution in [3.8, 4) is 0 Å². The van der Waals surface area contributed by atoms with Gasteiger partial charge in [-0.25, -0.2) is 4.79 Å². The summed E-state index contributed by atoms with van der Waals surface area (Å²) in [4.78, 5) is 11.6. The highest BCUT2D eigenvalue weighted by molar-refractivity contribution is 5.74. The summed E-state index contributed by atoms with van der Waals surface area (Å²) >= 11 is 0. The highest BCUT2D eigenvalue weighted by atomic mass is 16.3. The molecule has 96 valence electrons. The predicted molar refractivity (Wildman–Crippen MR) is 64.4 cm³/mol. The van der Waals surface area contributed by atoms with Crippen molar-refractivity contribution in [2.75, 3.05) is 6.61 Å². The number of nitrogens with one attached hydrogen (secondary N) is 2. The first-order valence-corrected chi connectivity index (χ1v) is 5.61. The lowest BCUT2D eigenvalue weighted by Gasteiger charge is -2.29. The molecule has 0 aliphatic carbocycles. The molecule has 0 aromatic carbocycles. The molecule has 1 atom stereocenters. The SMILES string of the molecule is CC(C)(C)[C@H](CO)NC(=O)NCc1ccco1. The van der Waals surface area contributed by atoms with Crippen LogP contribution in [-0.2, 0) is 6.54 Å². The molecule has 5 heteroatoms. The third kappa shape index (κ3) is 4.48. The van der Waals surface area contributed by atoms with Gasteiger partial charge < -0.3 is 20.2 Å². The third-order valence-corrected chi connectivity index (χ3v) is 2.54. The van der Waals surface area contributed by atoms with Crippen molar-refractivity contribution in [2.45, 2.75) is 33.4 Å². The zero-order chi connectivity index (χ0) is 12.9. The van der Waals surface area contributed by atoms with Gasteiger partial charge in [0.05, 0.1) is 25.5 Å². The second-order valence-corrected chi connectivity index (χ2v) is 5.01. The zero-order valence-corrected chi connectivity index (χ0v) is 10.5. The van der Waals surface area contributed by atoms with Crippen molar-refractivity contribution in [1.82, 2.24) is 10.6 Å². The average Bonchev–Trinajstić information content (AvgIpc) is 2.74. The van der Waals surface area contributed by atoms with Crippen molar-refractivity contribution in [3.05, 3.63) is 24.2 Å². The van der Waals surface area contributed by atoms with Crippen LogP contribution in [0.4, 0.5) is 4.79 Å². The van der Waals surface area contributed by atoms with E-state index in [-0.39, 0.29) is 24.1 Å². The van der Waals surface area contributed by atoms with Crippen LogP contribution in [0.15, 0.2) is 22.8 Å². The van der Waals surface area contributed by atoms with Crippen LogP contribution in [0.25, 0.3) is 0 Å². The molecule has 0 fully saturated rings. The number of urea groups is 1. The molecule has 5 nitrogen and oxygen atoms in total. The van der Waals surface area contributed by atoms with E-state index in [9.17, 15) is 9.90 Å². The quantitative estimate of drug-likeness (QED) is 0.746. The Hall–Kier alpha value is -1.49. The van der Waals surface area contributed by atoms with Gasteiger partial charge in [0.25, 0.3) is 0 Å². The molecule has 2 amide bonds. The van der Waals surface area contributed by atoms with Crippen molar-refractivity contribution in [1.29, 1.82) is 0 Å². The number of aliphatic hydroxyl groups excluding tert-OH is 1. The Balaban J connectivity index is 2.38. The van der Waals surface area contributed by atoms with E-state index >= 15 is 0 Å². The van der Waals surface area contributed by atoms with Crippen LogP contribution in [0.2, 0.25) is 0 Å². The predicted octanol–water partition coefficient (Wildman–Crippen LogP) is 1.49. The molecule has 0 aliphatic rings. The number of aliphatic hydroxyl groups is 1. The second-order valence-electron chi connectivity index (χ2n) is 5.01. The van der Waals surface area contributed by atoms with E-state index in [1.165, 1.54) is 0 Å². The Labute approximate surface area is 101 Å². The van der Waals surface area contributed by atoms with E-state index in [1.54, 1.807) is 18.4 Å². The summed E-state index contributed by atoms with van der Waals surface area (Å²) in [6, 6.07) is 2.96. The summed E-state index contributed by atoms with van der Waals surface area (Å²) in [6.45, 7) is 6.13. The Morgan fingerprint density at radius 3 is 2.71 bits per heavy atom. The third-order valence-electron chi connectivity index (χ3n) is 2.54. The lowest BCUT2D eigenvalue weighted by atomic mass is 9.87. The van der Waals surface area contributed by atoms with Crippen molar-refractivity contribution in [2.24, 2.45) is 5.41 Å². The highest BCUT2D eigenvalue weighted by Gasteiger charge is 2.25. The Morgan fingerprint density at radius 2 is 2.24 bits per heavy atom. The first-order chi connectivity index (χ1) is 7.93. The molecule has 3 N–H and O–H groups in total. The zero-order valence-electron chi connectivity index (χ0n) is 10.5. The molecule has 0 spiro atoms. The van der Waals surface area contributed by atoms with Crippen molar-refractivity contribution >= 4 is 6.03 Å². The molecule has 0 saturated heterocycles. The Morgan fingerprint density at radius 1 is 1.53 bits per heavy atom. The summed E-state index contributed by atoms with van der Waals surface area (Å²) in [5.41, 5.74) is -0.184. The van der Waals surface area contributed by atoms with Crippen molar-refractivity contribution < 1.29 is 14.3 Å². The molecular formula is C12H20N2O3. The molecular weight excluding hydrogens is 220 g/mol. The van der Waals surface area contributed by atoms with Crippen LogP contribution in [0.5, 0.6) is 0 Å². The number of hydrogen-bond donors (Lipinski definition) is 3. The molecule has 0 saturated carbocycles. The van der Waals surface area contributed by atoms with E-state index in [2.05, 4.69) is 10.6 Å². The lowest BCUT2D eigenvalue weighted by molar-refractivity contribution is 0.158. The van der Waals surface area contributed by atoms with E-state index < -0.39 is 0 Å². The topological polar surface area (TPSA) is 74.5 Å². The normalized spacial score (nSPS) is 13.2. The largest absolute Gasteiger partial charge is 0.467 e. The number of rotatable bonds is 4. The maximum atomic E-state index is 11.6. The van der Waals surface area contributed by atoms with E-state index in [4.69, 9.17) is 4.42 Å². The number of furan rings is 1. The van der Waals surface area contributed by atoms with Crippen LogP contribution in [0.1, 0.15) is 26.5 Å². The fourth-order valence-corrected chi connectivity index (χ4v) is 1.33. The molecule has 1 aromatic heterocycles. The van der Waals surface area contributed by atoms with E-state index in [0.717, 1.165) is 0 Å². The van der Waals surface area contributed by atoms with Gasteiger partial charge in [-0.2, -0.15) is 0 Å². The summed E-state index contributed by atoms with van der Waals surface area (Å²) in [5.74, 6) is 0.691. The van der Waals surface area contributed by atoms with Gasteiger partial charge in [0.2, 0.25) is 0 Å². The van der Waals surface area contributed by atoms with Gasteiger partial charge in [-0.1, -0.05) is 20.8 Å². The Bertz CT molecular complexity index is 341. The minimum Gasteiger partial charge on any atom is -0.467 e. The minimum atomic E-state index is -0.310. The fourth-order valence-electron chi connectivity index (χ4n) is 1.33. The molecule has 1 heterocycles. The molecule has 1 rings (SSSR count). The van der Waals surface area contributed by atoms with Gasteiger partial charge in [-0.05, 0) is 17.5 Å². The maximum Gasteiger partial charge on any atom is 0.315 e. The summed E-state index contributed by atoms with van der Waals surface area (Å²) in [7, 11) is 0. The second kappa shape index (κ2) is 5.72. The number of hydrogen-bond acceptors (Lipinski definition) is 3. The van der Waals surface area contributed by atoms with Gasteiger partial charge in [0, 0.05) is 0 Å². The summed E-state index contributed by atoms with van der Waals surface area (Å²) in [5, 5.41) is 14.6. The first kappa shape index (κ1) is 13.6. The summed E-state index contributed by atoms with van der Waals surface area (Å²) in [6.07, 6.45) is 1.56. The monoisotopic (exact) mass is 240 g/mol. The molecule has 1 aromatic rings. The lowest BCUT2D eigenvalue weighted by Crippen LogP contribution is -2.49. The van der Waals surface area contributed by atoms with E-state index in [0.29, 0.717) is 12.3 Å². The molecule has 0 unspecified atom stereocenters. The van der Waals surface area contributed by atoms with E-state index in [1.807, 2.05) is 20.8 Å². The molecule has 0 bridgehead atoms. The standard InChI is InChI=1S/C12H20N2O3/c1-12(2,3)10(8-15)14-11(16)13-7-9-5-4-6-17-9/h4-6,10,15H,7-8H2,1-3H3,(H2,13,14,16)/t10-/m0/s1. The van der Waals surface area contributed by atoms with Gasteiger partial charge in [0.1, 0.15) is 5.76 Å². The van der Waals surface area contributed by atoms with Crippen LogP contribution in [-0.4, -0.2) is 23.8 Å². The average molecular weight is 240 g/mol.